The molecule has 1 aromatic rings. The Bertz CT molecular complexity index is 438. The largest absolute Gasteiger partial charge is 0.497 e. The van der Waals surface area contributed by atoms with Gasteiger partial charge in [-0.2, -0.15) is 0 Å². The van der Waals surface area contributed by atoms with Crippen LogP contribution in [-0.2, 0) is 11.2 Å². The van der Waals surface area contributed by atoms with Crippen molar-refractivity contribution in [3.8, 4) is 5.75 Å². The summed E-state index contributed by atoms with van der Waals surface area (Å²) < 4.78 is 5.10. The SMILES string of the molecule is COc1ccc(CCC(=O)NCC(O)C2CCCC2)cc1. The number of amides is 1. The highest BCUT2D eigenvalue weighted by Gasteiger charge is 2.23. The summed E-state index contributed by atoms with van der Waals surface area (Å²) in [5.41, 5.74) is 1.11. The normalized spacial score (nSPS) is 16.7. The summed E-state index contributed by atoms with van der Waals surface area (Å²) in [5.74, 6) is 1.19. The molecule has 1 aromatic carbocycles. The molecule has 116 valence electrons. The second-order valence-corrected chi connectivity index (χ2v) is 5.76. The van der Waals surface area contributed by atoms with Gasteiger partial charge in [0.05, 0.1) is 13.2 Å². The fourth-order valence-electron chi connectivity index (χ4n) is 2.87. The zero-order valence-corrected chi connectivity index (χ0v) is 12.7. The number of benzene rings is 1. The van der Waals surface area contributed by atoms with Crippen LogP contribution in [0.25, 0.3) is 0 Å². The van der Waals surface area contributed by atoms with Crippen LogP contribution < -0.4 is 10.1 Å². The second kappa shape index (κ2) is 8.03. The van der Waals surface area contributed by atoms with Crippen molar-refractivity contribution in [2.45, 2.75) is 44.6 Å². The van der Waals surface area contributed by atoms with Gasteiger partial charge in [-0.25, -0.2) is 0 Å². The monoisotopic (exact) mass is 291 g/mol. The number of nitrogens with one attached hydrogen (secondary N) is 1. The Morgan fingerprint density at radius 1 is 1.33 bits per heavy atom. The van der Waals surface area contributed by atoms with Gasteiger partial charge in [-0.3, -0.25) is 4.79 Å². The average Bonchev–Trinajstić information content (AvgIpc) is 3.05. The van der Waals surface area contributed by atoms with Crippen molar-refractivity contribution < 1.29 is 14.6 Å². The van der Waals surface area contributed by atoms with Gasteiger partial charge in [0.2, 0.25) is 5.91 Å². The van der Waals surface area contributed by atoms with Crippen molar-refractivity contribution in [1.29, 1.82) is 0 Å². The third-order valence-corrected chi connectivity index (χ3v) is 4.25. The lowest BCUT2D eigenvalue weighted by molar-refractivity contribution is -0.121. The number of hydrogen-bond acceptors (Lipinski definition) is 3. The Morgan fingerprint density at radius 3 is 2.62 bits per heavy atom. The van der Waals surface area contributed by atoms with E-state index in [0.717, 1.165) is 24.2 Å². The number of carbonyl (C=O) groups is 1. The molecule has 4 heteroatoms. The molecule has 0 radical (unpaired) electrons. The molecule has 1 aliphatic rings. The van der Waals surface area contributed by atoms with Crippen molar-refractivity contribution in [2.75, 3.05) is 13.7 Å². The first-order chi connectivity index (χ1) is 10.2. The Hall–Kier alpha value is -1.55. The van der Waals surface area contributed by atoms with Crippen molar-refractivity contribution in [3.63, 3.8) is 0 Å². The Kier molecular flexibility index (Phi) is 6.05. The Labute approximate surface area is 126 Å². The summed E-state index contributed by atoms with van der Waals surface area (Å²) in [5, 5.41) is 12.9. The van der Waals surface area contributed by atoms with Crippen LogP contribution in [-0.4, -0.2) is 30.8 Å². The van der Waals surface area contributed by atoms with Gasteiger partial charge in [-0.05, 0) is 42.9 Å². The second-order valence-electron chi connectivity index (χ2n) is 5.76. The molecule has 0 saturated heterocycles. The first-order valence-electron chi connectivity index (χ1n) is 7.76. The summed E-state index contributed by atoms with van der Waals surface area (Å²) in [7, 11) is 1.64. The summed E-state index contributed by atoms with van der Waals surface area (Å²) in [6.45, 7) is 0.381. The fraction of sp³-hybridized carbons (Fsp3) is 0.588. The van der Waals surface area contributed by atoms with Crippen molar-refractivity contribution >= 4 is 5.91 Å². The fourth-order valence-corrected chi connectivity index (χ4v) is 2.87. The topological polar surface area (TPSA) is 58.6 Å². The zero-order valence-electron chi connectivity index (χ0n) is 12.7. The van der Waals surface area contributed by atoms with Crippen molar-refractivity contribution in [1.82, 2.24) is 5.32 Å². The lowest BCUT2D eigenvalue weighted by Gasteiger charge is -2.18. The number of aliphatic hydroxyl groups is 1. The van der Waals surface area contributed by atoms with Gasteiger partial charge in [0.15, 0.2) is 0 Å². The highest BCUT2D eigenvalue weighted by Crippen LogP contribution is 2.27. The van der Waals surface area contributed by atoms with Gasteiger partial charge in [-0.1, -0.05) is 25.0 Å². The van der Waals surface area contributed by atoms with Crippen LogP contribution in [0.5, 0.6) is 5.75 Å². The zero-order chi connectivity index (χ0) is 15.1. The minimum atomic E-state index is -0.391. The van der Waals surface area contributed by atoms with Crippen LogP contribution in [0.3, 0.4) is 0 Å². The highest BCUT2D eigenvalue weighted by molar-refractivity contribution is 5.76. The molecule has 21 heavy (non-hydrogen) atoms. The van der Waals surface area contributed by atoms with Gasteiger partial charge in [-0.15, -0.1) is 0 Å². The molecule has 1 unspecified atom stereocenters. The van der Waals surface area contributed by atoms with Gasteiger partial charge in [0.25, 0.3) is 0 Å². The van der Waals surface area contributed by atoms with E-state index in [9.17, 15) is 9.90 Å². The molecule has 4 nitrogen and oxygen atoms in total. The molecule has 0 aromatic heterocycles. The smallest absolute Gasteiger partial charge is 0.220 e. The van der Waals surface area contributed by atoms with E-state index in [-0.39, 0.29) is 5.91 Å². The lowest BCUT2D eigenvalue weighted by Crippen LogP contribution is -2.35. The van der Waals surface area contributed by atoms with Crippen molar-refractivity contribution in [2.24, 2.45) is 5.92 Å². The van der Waals surface area contributed by atoms with E-state index in [4.69, 9.17) is 4.74 Å². The molecule has 0 heterocycles. The molecule has 0 bridgehead atoms. The summed E-state index contributed by atoms with van der Waals surface area (Å²) in [4.78, 5) is 11.8. The number of aliphatic hydroxyl groups excluding tert-OH is 1. The number of carbonyl (C=O) groups excluding carboxylic acids is 1. The maximum atomic E-state index is 11.8. The van der Waals surface area contributed by atoms with E-state index < -0.39 is 6.10 Å². The van der Waals surface area contributed by atoms with Crippen LogP contribution >= 0.6 is 0 Å². The van der Waals surface area contributed by atoms with E-state index in [2.05, 4.69) is 5.32 Å². The van der Waals surface area contributed by atoms with E-state index in [1.807, 2.05) is 24.3 Å². The van der Waals surface area contributed by atoms with Crippen LogP contribution in [0.1, 0.15) is 37.7 Å². The predicted octanol–water partition coefficient (Wildman–Crippen LogP) is 2.30. The molecule has 0 spiro atoms. The summed E-state index contributed by atoms with van der Waals surface area (Å²) in [6.07, 6.45) is 5.34. The molecule has 1 fully saturated rings. The minimum Gasteiger partial charge on any atom is -0.497 e. The van der Waals surface area contributed by atoms with Crippen LogP contribution in [0.15, 0.2) is 24.3 Å². The van der Waals surface area contributed by atoms with Crippen molar-refractivity contribution in [3.05, 3.63) is 29.8 Å². The molecule has 1 amide bonds. The third kappa shape index (κ3) is 5.05. The summed E-state index contributed by atoms with van der Waals surface area (Å²) >= 11 is 0. The van der Waals surface area contributed by atoms with Crippen LogP contribution in [0.4, 0.5) is 0 Å². The maximum Gasteiger partial charge on any atom is 0.220 e. The molecule has 1 atom stereocenters. The first kappa shape index (κ1) is 15.8. The van der Waals surface area contributed by atoms with E-state index >= 15 is 0 Å². The quantitative estimate of drug-likeness (QED) is 0.810. The predicted molar refractivity (Wildman–Crippen MR) is 82.3 cm³/mol. The lowest BCUT2D eigenvalue weighted by atomic mass is 10.0. The molecule has 0 aliphatic heterocycles. The number of aryl methyl sites for hydroxylation is 1. The Morgan fingerprint density at radius 2 is 2.00 bits per heavy atom. The average molecular weight is 291 g/mol. The van der Waals surface area contributed by atoms with E-state index in [0.29, 0.717) is 25.3 Å². The number of hydrogen-bond donors (Lipinski definition) is 2. The Balaban J connectivity index is 1.66. The van der Waals surface area contributed by atoms with Gasteiger partial charge < -0.3 is 15.2 Å². The minimum absolute atomic E-state index is 0.00265. The number of rotatable bonds is 7. The van der Waals surface area contributed by atoms with Gasteiger partial charge in [0, 0.05) is 13.0 Å². The van der Waals surface area contributed by atoms with Gasteiger partial charge >= 0.3 is 0 Å². The van der Waals surface area contributed by atoms with E-state index in [1.54, 1.807) is 7.11 Å². The molecule has 2 N–H and O–H groups in total. The van der Waals surface area contributed by atoms with E-state index in [1.165, 1.54) is 12.8 Å². The van der Waals surface area contributed by atoms with Crippen LogP contribution in [0.2, 0.25) is 0 Å². The standard InChI is InChI=1S/C17H25NO3/c1-21-15-9-6-13(7-10-15)8-11-17(20)18-12-16(19)14-4-2-3-5-14/h6-7,9-10,14,16,19H,2-5,8,11-12H2,1H3,(H,18,20). The molecular formula is C17H25NO3. The first-order valence-corrected chi connectivity index (χ1v) is 7.76. The highest BCUT2D eigenvalue weighted by atomic mass is 16.5. The molecule has 1 aliphatic carbocycles. The van der Waals surface area contributed by atoms with Gasteiger partial charge in [0.1, 0.15) is 5.75 Å². The molecule has 1 saturated carbocycles. The molecular weight excluding hydrogens is 266 g/mol. The van der Waals surface area contributed by atoms with Crippen LogP contribution in [0, 0.1) is 5.92 Å². The summed E-state index contributed by atoms with van der Waals surface area (Å²) in [6, 6.07) is 7.74. The number of methoxy groups -OCH3 is 1. The maximum absolute atomic E-state index is 11.8. The third-order valence-electron chi connectivity index (χ3n) is 4.25. The number of ether oxygens (including phenoxy) is 1. The molecule has 2 rings (SSSR count).